The van der Waals surface area contributed by atoms with E-state index in [9.17, 15) is 0 Å². The standard InChI is InChI=1S/C47H44N5.Pt/c1-30-32(3)50(28-48(30)8)37-22-23-44-42(27-37)47(34-16-11-10-12-17-34,41-20-15-19-40-39-18-13-14-21-43(39)52(44)45(40)41)36-24-35(46(5,6)7)25-38(26-36)51-29-49(9)31(2)33(51)4;/h10-25,28H,1-9H3;/q-3;+4. The summed E-state index contributed by atoms with van der Waals surface area (Å²) in [7, 11) is 4.18. The van der Waals surface area contributed by atoms with E-state index in [1.807, 2.05) is 0 Å². The minimum absolute atomic E-state index is 0. The fourth-order valence-corrected chi connectivity index (χ4v) is 8.48. The van der Waals surface area contributed by atoms with Crippen molar-refractivity contribution in [1.29, 1.82) is 0 Å². The second-order valence-corrected chi connectivity index (χ2v) is 15.6. The number of para-hydroxylation sites is 2. The number of benzene rings is 5. The van der Waals surface area contributed by atoms with Gasteiger partial charge in [0.2, 0.25) is 6.33 Å². The van der Waals surface area contributed by atoms with Gasteiger partial charge in [-0.2, -0.15) is 42.1 Å². The molecule has 2 aromatic heterocycles. The Morgan fingerprint density at radius 1 is 0.755 bits per heavy atom. The SMILES string of the molecule is CC1=C(C)N(c2[c-]c3c(cc2)-n2c4ccccc4c4cccc(c42)C3(c2[c-]c(-n3[c-][n+](C)c(C)c3C)cc(C(C)(C)C)c2)c2ccccc2)[CH-]N1C.[Pt+4]. The van der Waals surface area contributed by atoms with E-state index in [-0.39, 0.29) is 26.5 Å². The van der Waals surface area contributed by atoms with Crippen molar-refractivity contribution in [2.24, 2.45) is 7.05 Å². The summed E-state index contributed by atoms with van der Waals surface area (Å²) in [6.07, 6.45) is 3.59. The summed E-state index contributed by atoms with van der Waals surface area (Å²) in [5, 5.41) is 2.49. The Kier molecular flexibility index (Phi) is 8.20. The van der Waals surface area contributed by atoms with Crippen molar-refractivity contribution in [2.75, 3.05) is 11.9 Å². The molecular weight excluding hydrogens is 830 g/mol. The predicted octanol–water partition coefficient (Wildman–Crippen LogP) is 9.53. The molecule has 0 aliphatic carbocycles. The number of hydrogen-bond acceptors (Lipinski definition) is 2. The van der Waals surface area contributed by atoms with Gasteiger partial charge in [0.15, 0.2) is 0 Å². The van der Waals surface area contributed by atoms with Crippen molar-refractivity contribution in [3.05, 3.63) is 173 Å². The Labute approximate surface area is 328 Å². The molecule has 1 unspecified atom stereocenters. The maximum atomic E-state index is 4.12. The Balaban J connectivity index is 0.00000400. The van der Waals surface area contributed by atoms with Crippen molar-refractivity contribution in [3.8, 4) is 11.4 Å². The number of anilines is 1. The van der Waals surface area contributed by atoms with E-state index in [2.05, 4.69) is 208 Å². The van der Waals surface area contributed by atoms with Gasteiger partial charge < -0.3 is 23.5 Å². The van der Waals surface area contributed by atoms with Gasteiger partial charge in [0.1, 0.15) is 0 Å². The van der Waals surface area contributed by atoms with E-state index < -0.39 is 5.41 Å². The van der Waals surface area contributed by atoms with Crippen LogP contribution < -0.4 is 9.47 Å². The number of hydrogen-bond donors (Lipinski definition) is 0. The van der Waals surface area contributed by atoms with Gasteiger partial charge in [-0.25, -0.2) is 0 Å². The molecular formula is C47H44N5Pt+. The van der Waals surface area contributed by atoms with E-state index in [1.54, 1.807) is 0 Å². The average Bonchev–Trinajstić information content (AvgIpc) is 3.72. The number of nitrogens with zero attached hydrogens (tertiary/aromatic N) is 5. The van der Waals surface area contributed by atoms with E-state index in [0.717, 1.165) is 33.9 Å². The molecule has 1 atom stereocenters. The molecule has 2 aliphatic heterocycles. The smallest absolute Gasteiger partial charge is 0.508 e. The predicted molar refractivity (Wildman–Crippen MR) is 211 cm³/mol. The van der Waals surface area contributed by atoms with Crippen molar-refractivity contribution in [2.45, 2.75) is 59.3 Å². The molecule has 0 amide bonds. The van der Waals surface area contributed by atoms with Gasteiger partial charge in [0.05, 0.1) is 7.05 Å². The van der Waals surface area contributed by atoms with Gasteiger partial charge in [0, 0.05) is 44.3 Å². The minimum Gasteiger partial charge on any atom is -0.508 e. The molecule has 9 rings (SSSR count). The van der Waals surface area contributed by atoms with Crippen LogP contribution in [0, 0.1) is 39.0 Å². The molecule has 7 aromatic rings. The van der Waals surface area contributed by atoms with Crippen molar-refractivity contribution < 1.29 is 25.6 Å². The molecule has 2 aliphatic rings. The monoisotopic (exact) mass is 873 g/mol. The molecule has 5 aromatic carbocycles. The van der Waals surface area contributed by atoms with Crippen molar-refractivity contribution in [3.63, 3.8) is 0 Å². The first kappa shape index (κ1) is 35.2. The summed E-state index contributed by atoms with van der Waals surface area (Å²) in [6, 6.07) is 44.2. The van der Waals surface area contributed by atoms with Gasteiger partial charge in [-0.3, -0.25) is 0 Å². The molecule has 0 N–H and O–H groups in total. The van der Waals surface area contributed by atoms with Crippen LogP contribution in [-0.2, 0) is 38.9 Å². The molecule has 53 heavy (non-hydrogen) atoms. The zero-order valence-corrected chi connectivity index (χ0v) is 34.1. The second kappa shape index (κ2) is 12.4. The normalized spacial score (nSPS) is 16.8. The summed E-state index contributed by atoms with van der Waals surface area (Å²) >= 11 is 0. The average molecular weight is 874 g/mol. The third-order valence-corrected chi connectivity index (χ3v) is 11.8. The van der Waals surface area contributed by atoms with Gasteiger partial charge in [-0.1, -0.05) is 98.9 Å². The van der Waals surface area contributed by atoms with Gasteiger partial charge in [-0.15, -0.1) is 23.4 Å². The zero-order chi connectivity index (χ0) is 36.3. The largest absolute Gasteiger partial charge is 4.00 e. The van der Waals surface area contributed by atoms with Crippen LogP contribution >= 0.6 is 0 Å². The molecule has 5 nitrogen and oxygen atoms in total. The first-order chi connectivity index (χ1) is 24.9. The number of imidazole rings is 1. The zero-order valence-electron chi connectivity index (χ0n) is 31.9. The van der Waals surface area contributed by atoms with Crippen LogP contribution in [0.2, 0.25) is 0 Å². The van der Waals surface area contributed by atoms with Crippen LogP contribution in [0.4, 0.5) is 5.69 Å². The summed E-state index contributed by atoms with van der Waals surface area (Å²) in [6.45, 7) is 17.8. The third-order valence-electron chi connectivity index (χ3n) is 11.8. The van der Waals surface area contributed by atoms with Gasteiger partial charge in [0.25, 0.3) is 0 Å². The molecule has 0 saturated heterocycles. The Bertz CT molecular complexity index is 2620. The quantitative estimate of drug-likeness (QED) is 0.130. The first-order valence-electron chi connectivity index (χ1n) is 18.2. The third kappa shape index (κ3) is 4.96. The van der Waals surface area contributed by atoms with Crippen LogP contribution in [0.15, 0.2) is 108 Å². The first-order valence-corrected chi connectivity index (χ1v) is 18.2. The van der Waals surface area contributed by atoms with Crippen molar-refractivity contribution >= 4 is 27.5 Å². The van der Waals surface area contributed by atoms with E-state index in [4.69, 9.17) is 0 Å². The number of aromatic nitrogens is 3. The molecule has 0 radical (unpaired) electrons. The summed E-state index contributed by atoms with van der Waals surface area (Å²) in [5.41, 5.74) is 15.2. The van der Waals surface area contributed by atoms with Crippen LogP contribution in [0.5, 0.6) is 0 Å². The molecule has 0 saturated carbocycles. The van der Waals surface area contributed by atoms with Crippen molar-refractivity contribution in [1.82, 2.24) is 14.0 Å². The van der Waals surface area contributed by atoms with E-state index >= 15 is 0 Å². The van der Waals surface area contributed by atoms with Gasteiger partial charge >= 0.3 is 21.1 Å². The molecule has 6 heteroatoms. The topological polar surface area (TPSA) is 20.2 Å². The number of allylic oxidation sites excluding steroid dienone is 2. The summed E-state index contributed by atoms with van der Waals surface area (Å²) in [5.74, 6) is 0. The molecule has 0 bridgehead atoms. The maximum Gasteiger partial charge on any atom is 4.00 e. The van der Waals surface area contributed by atoms with E-state index in [0.29, 0.717) is 0 Å². The Hall–Kier alpha value is -4.86. The number of rotatable bonds is 4. The van der Waals surface area contributed by atoms with Gasteiger partial charge in [-0.05, 0) is 63.0 Å². The molecule has 0 spiro atoms. The van der Waals surface area contributed by atoms with E-state index in [1.165, 1.54) is 55.6 Å². The Morgan fingerprint density at radius 2 is 1.47 bits per heavy atom. The fourth-order valence-electron chi connectivity index (χ4n) is 8.48. The summed E-state index contributed by atoms with van der Waals surface area (Å²) < 4.78 is 6.74. The number of aryl methyl sites for hydroxylation is 1. The van der Waals surface area contributed by atoms with Crippen LogP contribution in [0.1, 0.15) is 73.8 Å². The molecule has 4 heterocycles. The van der Waals surface area contributed by atoms with Crippen LogP contribution in [0.3, 0.4) is 0 Å². The maximum absolute atomic E-state index is 4.12. The second-order valence-electron chi connectivity index (χ2n) is 15.6. The van der Waals surface area contributed by atoms with Crippen LogP contribution in [0.25, 0.3) is 33.2 Å². The fraction of sp³-hybridized carbons (Fsp3) is 0.234. The minimum atomic E-state index is -0.761. The summed E-state index contributed by atoms with van der Waals surface area (Å²) in [4.78, 5) is 4.47. The number of fused-ring (bicyclic) bond motifs is 5. The van der Waals surface area contributed by atoms with Crippen LogP contribution in [-0.4, -0.2) is 21.1 Å². The Morgan fingerprint density at radius 3 is 2.15 bits per heavy atom. The molecule has 0 fully saturated rings. The molecule has 266 valence electrons.